The molecule has 0 aliphatic heterocycles. The molecule has 7 aromatic carbocycles. The summed E-state index contributed by atoms with van der Waals surface area (Å²) >= 11 is 1.80. The van der Waals surface area contributed by atoms with E-state index < -0.39 is 7.14 Å². The summed E-state index contributed by atoms with van der Waals surface area (Å²) in [4.78, 5) is 10.4. The first-order valence-corrected chi connectivity index (χ1v) is 20.2. The number of hydrogen-bond donors (Lipinski definition) is 0. The molecule has 53 heavy (non-hydrogen) atoms. The van der Waals surface area contributed by atoms with Crippen LogP contribution in [-0.2, 0) is 4.57 Å². The first-order chi connectivity index (χ1) is 26.1. The first-order valence-electron chi connectivity index (χ1n) is 17.7. The van der Waals surface area contributed by atoms with Crippen molar-refractivity contribution in [2.24, 2.45) is 0 Å². The molecule has 0 radical (unpaired) electrons. The average molecular weight is 715 g/mol. The van der Waals surface area contributed by atoms with Gasteiger partial charge in [-0.1, -0.05) is 152 Å². The Morgan fingerprint density at radius 2 is 0.962 bits per heavy atom. The van der Waals surface area contributed by atoms with Crippen LogP contribution in [0.1, 0.15) is 0 Å². The Balaban J connectivity index is 1.12. The van der Waals surface area contributed by atoms with Crippen LogP contribution in [0.25, 0.3) is 75.6 Å². The highest BCUT2D eigenvalue weighted by Gasteiger charge is 2.30. The fourth-order valence-corrected chi connectivity index (χ4v) is 11.3. The van der Waals surface area contributed by atoms with Crippen LogP contribution in [0.2, 0.25) is 0 Å². The summed E-state index contributed by atoms with van der Waals surface area (Å²) in [6.07, 6.45) is 0. The number of aromatic nitrogens is 2. The zero-order valence-corrected chi connectivity index (χ0v) is 30.3. The second kappa shape index (κ2) is 12.8. The maximum Gasteiger partial charge on any atom is 0.171 e. The third kappa shape index (κ3) is 5.38. The van der Waals surface area contributed by atoms with Crippen LogP contribution < -0.4 is 15.9 Å². The molecule has 0 bridgehead atoms. The van der Waals surface area contributed by atoms with Crippen LogP contribution in [0.15, 0.2) is 188 Å². The van der Waals surface area contributed by atoms with E-state index in [4.69, 9.17) is 9.97 Å². The topological polar surface area (TPSA) is 42.9 Å². The number of fused-ring (bicyclic) bond motifs is 6. The Bertz CT molecular complexity index is 2990. The van der Waals surface area contributed by atoms with Gasteiger partial charge in [0, 0.05) is 58.0 Å². The first kappa shape index (κ1) is 31.5. The van der Waals surface area contributed by atoms with Crippen LogP contribution in [0.3, 0.4) is 0 Å². The molecular formula is C48H31N2OPS. The van der Waals surface area contributed by atoms with Gasteiger partial charge < -0.3 is 4.57 Å². The van der Waals surface area contributed by atoms with Gasteiger partial charge in [-0.25, -0.2) is 9.97 Å². The highest BCUT2D eigenvalue weighted by Crippen LogP contribution is 2.45. The highest BCUT2D eigenvalue weighted by atomic mass is 32.1. The van der Waals surface area contributed by atoms with Crippen molar-refractivity contribution in [3.8, 4) is 33.6 Å². The lowest BCUT2D eigenvalue weighted by atomic mass is 9.98. The maximum absolute atomic E-state index is 15.3. The van der Waals surface area contributed by atoms with Gasteiger partial charge in [0.05, 0.1) is 22.4 Å². The van der Waals surface area contributed by atoms with E-state index in [1.165, 1.54) is 20.2 Å². The summed E-state index contributed by atoms with van der Waals surface area (Å²) < 4.78 is 17.7. The quantitative estimate of drug-likeness (QED) is 0.127. The lowest BCUT2D eigenvalue weighted by Gasteiger charge is -2.21. The van der Waals surface area contributed by atoms with E-state index in [1.807, 2.05) is 91.0 Å². The smallest absolute Gasteiger partial charge is 0.171 e. The van der Waals surface area contributed by atoms with Crippen molar-refractivity contribution in [1.29, 1.82) is 0 Å². The van der Waals surface area contributed by atoms with Gasteiger partial charge in [0.1, 0.15) is 0 Å². The van der Waals surface area contributed by atoms with Crippen LogP contribution in [0.4, 0.5) is 0 Å². The third-order valence-corrected chi connectivity index (χ3v) is 14.3. The molecule has 3 aromatic heterocycles. The summed E-state index contributed by atoms with van der Waals surface area (Å²) in [7, 11) is -3.14. The van der Waals surface area contributed by atoms with Crippen molar-refractivity contribution in [2.45, 2.75) is 0 Å². The monoisotopic (exact) mass is 714 g/mol. The minimum atomic E-state index is -3.14. The van der Waals surface area contributed by atoms with Crippen molar-refractivity contribution >= 4 is 76.4 Å². The molecule has 0 saturated heterocycles. The van der Waals surface area contributed by atoms with Crippen molar-refractivity contribution in [3.63, 3.8) is 0 Å². The Hall–Kier alpha value is -6.19. The number of rotatable bonds is 6. The van der Waals surface area contributed by atoms with Gasteiger partial charge in [0.25, 0.3) is 0 Å². The van der Waals surface area contributed by atoms with E-state index in [0.29, 0.717) is 0 Å². The summed E-state index contributed by atoms with van der Waals surface area (Å²) in [5.41, 5.74) is 7.94. The molecule has 10 aromatic rings. The van der Waals surface area contributed by atoms with Gasteiger partial charge >= 0.3 is 0 Å². The molecule has 0 amide bonds. The summed E-state index contributed by atoms with van der Waals surface area (Å²) in [5.74, 6) is 0. The Labute approximate surface area is 311 Å². The predicted octanol–water partition coefficient (Wildman–Crippen LogP) is 11.8. The van der Waals surface area contributed by atoms with Crippen LogP contribution in [0.5, 0.6) is 0 Å². The van der Waals surface area contributed by atoms with Crippen molar-refractivity contribution in [3.05, 3.63) is 188 Å². The molecule has 5 heteroatoms. The fourth-order valence-electron chi connectivity index (χ4n) is 7.52. The fraction of sp³-hybridized carbons (Fsp3) is 0. The minimum absolute atomic E-state index is 0.821. The largest absolute Gasteiger partial charge is 0.309 e. The van der Waals surface area contributed by atoms with Crippen LogP contribution in [0, 0.1) is 0 Å². The predicted molar refractivity (Wildman–Crippen MR) is 226 cm³/mol. The number of nitrogens with zero attached hydrogens (tertiary/aromatic N) is 2. The standard InChI is InChI=1S/C48H31N2OPS/c51-52(37-15-6-2-7-16-37,38-17-8-3-9-18-38)39-19-10-14-35(30-39)40-20-11-21-45-46(40)41-31-36(26-29-44(41)53-45)43-28-25-34-23-22-33-24-27-42(32-12-4-1-5-13-32)49-47(33)48(34)50-43/h1-31H. The molecular weight excluding hydrogens is 684 g/mol. The molecule has 0 aliphatic rings. The zero-order valence-electron chi connectivity index (χ0n) is 28.6. The second-order valence-corrected chi connectivity index (χ2v) is 17.1. The lowest BCUT2D eigenvalue weighted by Crippen LogP contribution is -2.25. The molecule has 0 spiro atoms. The van der Waals surface area contributed by atoms with E-state index in [-0.39, 0.29) is 0 Å². The molecule has 0 unspecified atom stereocenters. The molecule has 10 rings (SSSR count). The maximum atomic E-state index is 15.3. The van der Waals surface area contributed by atoms with Gasteiger partial charge in [0.2, 0.25) is 0 Å². The summed E-state index contributed by atoms with van der Waals surface area (Å²) in [6, 6.07) is 64.3. The summed E-state index contributed by atoms with van der Waals surface area (Å²) in [6.45, 7) is 0. The number of benzene rings is 7. The number of hydrogen-bond acceptors (Lipinski definition) is 4. The van der Waals surface area contributed by atoms with Crippen molar-refractivity contribution < 1.29 is 4.57 Å². The second-order valence-electron chi connectivity index (χ2n) is 13.3. The molecule has 0 fully saturated rings. The molecule has 3 heterocycles. The van der Waals surface area contributed by atoms with E-state index >= 15 is 4.57 Å². The Morgan fingerprint density at radius 1 is 0.415 bits per heavy atom. The number of pyridine rings is 2. The Morgan fingerprint density at radius 3 is 1.62 bits per heavy atom. The van der Waals surface area contributed by atoms with Gasteiger partial charge in [-0.15, -0.1) is 11.3 Å². The normalized spacial score (nSPS) is 11.8. The lowest BCUT2D eigenvalue weighted by molar-refractivity contribution is 0.592. The SMILES string of the molecule is O=P(c1ccccc1)(c1ccccc1)c1cccc(-c2cccc3sc4ccc(-c5ccc6ccc7ccc(-c8ccccc8)nc7c6n5)cc4c23)c1. The molecule has 0 N–H and O–H groups in total. The van der Waals surface area contributed by atoms with Gasteiger partial charge in [-0.05, 0) is 47.5 Å². The van der Waals surface area contributed by atoms with Crippen molar-refractivity contribution in [2.75, 3.05) is 0 Å². The molecule has 0 atom stereocenters. The van der Waals surface area contributed by atoms with Crippen molar-refractivity contribution in [1.82, 2.24) is 9.97 Å². The molecule has 3 nitrogen and oxygen atoms in total. The zero-order chi connectivity index (χ0) is 35.4. The van der Waals surface area contributed by atoms with E-state index in [1.54, 1.807) is 11.3 Å². The van der Waals surface area contributed by atoms with E-state index in [0.717, 1.165) is 71.4 Å². The third-order valence-electron chi connectivity index (χ3n) is 10.1. The van der Waals surface area contributed by atoms with Crippen LogP contribution >= 0.6 is 18.5 Å². The number of thiophene rings is 1. The van der Waals surface area contributed by atoms with Gasteiger partial charge in [-0.3, -0.25) is 0 Å². The molecule has 0 aliphatic carbocycles. The van der Waals surface area contributed by atoms with Gasteiger partial charge in [-0.2, -0.15) is 0 Å². The van der Waals surface area contributed by atoms with E-state index in [2.05, 4.69) is 97.1 Å². The average Bonchev–Trinajstić information content (AvgIpc) is 3.62. The van der Waals surface area contributed by atoms with Crippen LogP contribution in [-0.4, -0.2) is 9.97 Å². The van der Waals surface area contributed by atoms with Gasteiger partial charge in [0.15, 0.2) is 7.14 Å². The summed E-state index contributed by atoms with van der Waals surface area (Å²) in [5, 5.41) is 6.98. The Kier molecular flexibility index (Phi) is 7.61. The molecule has 250 valence electrons. The minimum Gasteiger partial charge on any atom is -0.309 e. The highest BCUT2D eigenvalue weighted by molar-refractivity contribution is 7.85. The van der Waals surface area contributed by atoms with E-state index in [9.17, 15) is 0 Å². The molecule has 0 saturated carbocycles.